The number of benzene rings is 1. The first-order valence-corrected chi connectivity index (χ1v) is 9.19. The van der Waals surface area contributed by atoms with Gasteiger partial charge < -0.3 is 4.98 Å². The van der Waals surface area contributed by atoms with Gasteiger partial charge in [0.2, 0.25) is 5.78 Å². The maximum atomic E-state index is 12.6. The highest BCUT2D eigenvalue weighted by atomic mass is 16.1. The molecule has 0 saturated carbocycles. The Morgan fingerprint density at radius 3 is 2.73 bits per heavy atom. The van der Waals surface area contributed by atoms with Crippen LogP contribution >= 0.6 is 0 Å². The van der Waals surface area contributed by atoms with Crippen molar-refractivity contribution in [2.24, 2.45) is 0 Å². The Kier molecular flexibility index (Phi) is 5.08. The van der Waals surface area contributed by atoms with Crippen molar-refractivity contribution in [3.63, 3.8) is 0 Å². The van der Waals surface area contributed by atoms with Crippen molar-refractivity contribution >= 4 is 11.4 Å². The van der Waals surface area contributed by atoms with Crippen LogP contribution in [0.4, 0.5) is 0 Å². The summed E-state index contributed by atoms with van der Waals surface area (Å²) >= 11 is 0. The number of aromatic nitrogens is 2. The molecule has 0 spiro atoms. The van der Waals surface area contributed by atoms with E-state index in [-0.39, 0.29) is 23.4 Å². The van der Waals surface area contributed by atoms with Gasteiger partial charge in [-0.1, -0.05) is 45.0 Å². The van der Waals surface area contributed by atoms with Gasteiger partial charge in [-0.25, -0.2) is 4.98 Å². The lowest BCUT2D eigenvalue weighted by Crippen LogP contribution is -2.14. The number of carbonyl (C=O) groups is 1. The number of imidazole rings is 1. The molecular weight excluding hydrogens is 322 g/mol. The van der Waals surface area contributed by atoms with Gasteiger partial charge in [0.15, 0.2) is 5.82 Å². The minimum Gasteiger partial charge on any atom is -0.327 e. The number of carbonyl (C=O) groups excluding carboxylic acids is 1. The highest BCUT2D eigenvalue weighted by Gasteiger charge is 2.20. The van der Waals surface area contributed by atoms with E-state index in [1.807, 2.05) is 6.07 Å². The SMILES string of the molecule is CC(C)(C)c1ccc(CC(=O)c2ncc(C#N)[nH]2)c(C2=CCCCC2)c1. The summed E-state index contributed by atoms with van der Waals surface area (Å²) in [5.74, 6) is 0.165. The Labute approximate surface area is 155 Å². The normalized spacial score (nSPS) is 14.6. The fourth-order valence-electron chi connectivity index (χ4n) is 3.36. The maximum Gasteiger partial charge on any atom is 0.202 e. The van der Waals surface area contributed by atoms with Crippen LogP contribution in [0.2, 0.25) is 0 Å². The molecule has 1 aromatic heterocycles. The Hall–Kier alpha value is -2.67. The zero-order valence-corrected chi connectivity index (χ0v) is 15.7. The van der Waals surface area contributed by atoms with Crippen LogP contribution in [-0.4, -0.2) is 15.8 Å². The van der Waals surface area contributed by atoms with Crippen molar-refractivity contribution in [2.75, 3.05) is 0 Å². The monoisotopic (exact) mass is 347 g/mol. The molecule has 1 N–H and O–H groups in total. The van der Waals surface area contributed by atoms with Crippen LogP contribution in [-0.2, 0) is 11.8 Å². The summed E-state index contributed by atoms with van der Waals surface area (Å²) in [5, 5.41) is 8.90. The Morgan fingerprint density at radius 2 is 2.12 bits per heavy atom. The number of aromatic amines is 1. The highest BCUT2D eigenvalue weighted by molar-refractivity contribution is 5.95. The van der Waals surface area contributed by atoms with Gasteiger partial charge >= 0.3 is 0 Å². The van der Waals surface area contributed by atoms with E-state index in [0.29, 0.717) is 5.69 Å². The molecule has 0 saturated heterocycles. The van der Waals surface area contributed by atoms with Crippen LogP contribution in [0.25, 0.3) is 5.57 Å². The minimum atomic E-state index is -0.0901. The van der Waals surface area contributed by atoms with E-state index in [0.717, 1.165) is 18.4 Å². The van der Waals surface area contributed by atoms with E-state index in [9.17, 15) is 4.79 Å². The zero-order valence-electron chi connectivity index (χ0n) is 15.7. The molecule has 0 atom stereocenters. The maximum absolute atomic E-state index is 12.6. The molecule has 2 aromatic rings. The standard InChI is InChI=1S/C22H25N3O/c1-22(2,3)17-10-9-16(19(12-17)15-7-5-4-6-8-15)11-20(26)21-24-14-18(13-23)25-21/h7,9-10,12,14H,4-6,8,11H2,1-3H3,(H,24,25). The van der Waals surface area contributed by atoms with Crippen molar-refractivity contribution in [1.82, 2.24) is 9.97 Å². The van der Waals surface area contributed by atoms with Crippen molar-refractivity contribution in [3.8, 4) is 6.07 Å². The summed E-state index contributed by atoms with van der Waals surface area (Å²) < 4.78 is 0. The molecule has 0 bridgehead atoms. The predicted octanol–water partition coefficient (Wildman–Crippen LogP) is 4.96. The first-order valence-electron chi connectivity index (χ1n) is 9.19. The Morgan fingerprint density at radius 1 is 1.31 bits per heavy atom. The van der Waals surface area contributed by atoms with Crippen LogP contribution in [0.3, 0.4) is 0 Å². The average molecular weight is 347 g/mol. The second-order valence-corrected chi connectivity index (χ2v) is 7.95. The molecular formula is C22H25N3O. The average Bonchev–Trinajstić information content (AvgIpc) is 3.11. The Bertz CT molecular complexity index is 891. The molecule has 4 heteroatoms. The number of H-pyrrole nitrogens is 1. The van der Waals surface area contributed by atoms with Gasteiger partial charge in [-0.15, -0.1) is 0 Å². The zero-order chi connectivity index (χ0) is 18.7. The molecule has 3 rings (SSSR count). The number of Topliss-reactive ketones (excluding diaryl/α,β-unsaturated/α-hetero) is 1. The number of hydrogen-bond acceptors (Lipinski definition) is 3. The number of nitrogens with zero attached hydrogens (tertiary/aromatic N) is 2. The Balaban J connectivity index is 1.96. The van der Waals surface area contributed by atoms with Gasteiger partial charge in [-0.2, -0.15) is 5.26 Å². The molecule has 0 amide bonds. The molecule has 1 aliphatic rings. The lowest BCUT2D eigenvalue weighted by Gasteiger charge is -2.23. The lowest BCUT2D eigenvalue weighted by molar-refractivity contribution is 0.0984. The van der Waals surface area contributed by atoms with E-state index in [2.05, 4.69) is 55.0 Å². The molecule has 1 aromatic carbocycles. The topological polar surface area (TPSA) is 69.5 Å². The predicted molar refractivity (Wildman–Crippen MR) is 103 cm³/mol. The largest absolute Gasteiger partial charge is 0.327 e. The smallest absolute Gasteiger partial charge is 0.202 e. The summed E-state index contributed by atoms with van der Waals surface area (Å²) in [5.41, 5.74) is 5.23. The first kappa shape index (κ1) is 18.1. The van der Waals surface area contributed by atoms with Crippen LogP contribution in [0.1, 0.15) is 79.5 Å². The summed E-state index contributed by atoms with van der Waals surface area (Å²) in [7, 11) is 0. The quantitative estimate of drug-likeness (QED) is 0.795. The summed E-state index contributed by atoms with van der Waals surface area (Å²) in [6, 6.07) is 8.43. The molecule has 0 radical (unpaired) electrons. The van der Waals surface area contributed by atoms with Gasteiger partial charge in [0.25, 0.3) is 0 Å². The molecule has 1 aliphatic carbocycles. The van der Waals surface area contributed by atoms with Crippen LogP contribution < -0.4 is 0 Å². The number of nitriles is 1. The van der Waals surface area contributed by atoms with Gasteiger partial charge in [-0.05, 0) is 53.4 Å². The van der Waals surface area contributed by atoms with Crippen LogP contribution in [0.5, 0.6) is 0 Å². The molecule has 134 valence electrons. The van der Waals surface area contributed by atoms with Gasteiger partial charge in [0.05, 0.1) is 6.20 Å². The van der Waals surface area contributed by atoms with E-state index in [4.69, 9.17) is 5.26 Å². The van der Waals surface area contributed by atoms with Crippen LogP contribution in [0, 0.1) is 11.3 Å². The summed E-state index contributed by atoms with van der Waals surface area (Å²) in [4.78, 5) is 19.5. The van der Waals surface area contributed by atoms with Gasteiger partial charge in [0.1, 0.15) is 11.8 Å². The third-order valence-corrected chi connectivity index (χ3v) is 4.92. The van der Waals surface area contributed by atoms with Crippen molar-refractivity contribution < 1.29 is 4.79 Å². The van der Waals surface area contributed by atoms with E-state index in [1.165, 1.54) is 35.7 Å². The lowest BCUT2D eigenvalue weighted by atomic mass is 9.81. The highest BCUT2D eigenvalue weighted by Crippen LogP contribution is 2.33. The fourth-order valence-corrected chi connectivity index (χ4v) is 3.36. The number of rotatable bonds is 4. The van der Waals surface area contributed by atoms with E-state index < -0.39 is 0 Å². The fraction of sp³-hybridized carbons (Fsp3) is 0.409. The first-order chi connectivity index (χ1) is 12.4. The molecule has 0 fully saturated rings. The number of hydrogen-bond donors (Lipinski definition) is 1. The number of ketones is 1. The van der Waals surface area contributed by atoms with Crippen molar-refractivity contribution in [1.29, 1.82) is 5.26 Å². The minimum absolute atomic E-state index is 0.0647. The van der Waals surface area contributed by atoms with Crippen molar-refractivity contribution in [2.45, 2.75) is 58.3 Å². The third-order valence-electron chi connectivity index (χ3n) is 4.92. The van der Waals surface area contributed by atoms with Crippen LogP contribution in [0.15, 0.2) is 30.5 Å². The van der Waals surface area contributed by atoms with E-state index >= 15 is 0 Å². The van der Waals surface area contributed by atoms with Crippen molar-refractivity contribution in [3.05, 3.63) is 58.7 Å². The molecule has 4 nitrogen and oxygen atoms in total. The van der Waals surface area contributed by atoms with E-state index in [1.54, 1.807) is 0 Å². The second-order valence-electron chi connectivity index (χ2n) is 7.95. The van der Waals surface area contributed by atoms with Gasteiger partial charge in [-0.3, -0.25) is 4.79 Å². The molecule has 26 heavy (non-hydrogen) atoms. The third kappa shape index (κ3) is 3.94. The molecule has 0 aliphatic heterocycles. The molecule has 0 unspecified atom stereocenters. The number of nitrogens with one attached hydrogen (secondary N) is 1. The summed E-state index contributed by atoms with van der Waals surface area (Å²) in [6.07, 6.45) is 8.61. The second kappa shape index (κ2) is 7.29. The van der Waals surface area contributed by atoms with Gasteiger partial charge in [0, 0.05) is 6.42 Å². The number of allylic oxidation sites excluding steroid dienone is 2. The summed E-state index contributed by atoms with van der Waals surface area (Å²) in [6.45, 7) is 6.62. The molecule has 1 heterocycles.